The van der Waals surface area contributed by atoms with Crippen LogP contribution in [-0.2, 0) is 24.3 Å². The van der Waals surface area contributed by atoms with Crippen LogP contribution >= 0.6 is 0 Å². The third kappa shape index (κ3) is 2.81. The molecule has 1 atom stereocenters. The van der Waals surface area contributed by atoms with E-state index in [1.165, 1.54) is 6.42 Å². The highest BCUT2D eigenvalue weighted by atomic mass is 16.5. The Bertz CT molecular complexity index is 720. The van der Waals surface area contributed by atoms with Crippen molar-refractivity contribution < 1.29 is 9.32 Å². The van der Waals surface area contributed by atoms with Gasteiger partial charge in [-0.1, -0.05) is 11.6 Å². The molecule has 0 N–H and O–H groups in total. The van der Waals surface area contributed by atoms with Gasteiger partial charge in [0, 0.05) is 18.9 Å². The maximum atomic E-state index is 12.9. The fourth-order valence-electron chi connectivity index (χ4n) is 3.37. The Morgan fingerprint density at radius 3 is 3.04 bits per heavy atom. The fourth-order valence-corrected chi connectivity index (χ4v) is 3.37. The van der Waals surface area contributed by atoms with E-state index in [9.17, 15) is 4.79 Å². The number of carbonyl (C=O) groups excluding carboxylic acids is 1. The second kappa shape index (κ2) is 6.33. The van der Waals surface area contributed by atoms with Crippen molar-refractivity contribution >= 4 is 5.91 Å². The van der Waals surface area contributed by atoms with Crippen molar-refractivity contribution in [3.8, 4) is 0 Å². The van der Waals surface area contributed by atoms with Gasteiger partial charge >= 0.3 is 0 Å². The second-order valence-electron chi connectivity index (χ2n) is 6.62. The highest BCUT2D eigenvalue weighted by Gasteiger charge is 2.30. The molecule has 2 aliphatic rings. The summed E-state index contributed by atoms with van der Waals surface area (Å²) in [5, 5.41) is 8.25. The molecule has 4 rings (SSSR count). The number of nitrogens with zero attached hydrogens (tertiary/aromatic N) is 6. The number of carbonyl (C=O) groups is 1. The lowest BCUT2D eigenvalue weighted by molar-refractivity contribution is -0.137. The van der Waals surface area contributed by atoms with Crippen LogP contribution < -0.4 is 0 Å². The van der Waals surface area contributed by atoms with Gasteiger partial charge < -0.3 is 9.42 Å². The van der Waals surface area contributed by atoms with Crippen LogP contribution in [0.2, 0.25) is 0 Å². The van der Waals surface area contributed by atoms with E-state index in [2.05, 4.69) is 20.2 Å². The SMILES string of the molecule is CCN(Cc1noc(C2CCC2)n1)C(=O)C1CCc2ncnn2C1. The van der Waals surface area contributed by atoms with Crippen LogP contribution in [0.15, 0.2) is 10.9 Å². The first-order valence-corrected chi connectivity index (χ1v) is 8.72. The van der Waals surface area contributed by atoms with Gasteiger partial charge in [0.15, 0.2) is 5.82 Å². The number of hydrogen-bond acceptors (Lipinski definition) is 6. The Morgan fingerprint density at radius 1 is 1.42 bits per heavy atom. The number of aromatic nitrogens is 5. The summed E-state index contributed by atoms with van der Waals surface area (Å²) in [5.74, 6) is 2.78. The van der Waals surface area contributed by atoms with Crippen molar-refractivity contribution in [2.24, 2.45) is 5.92 Å². The first-order valence-electron chi connectivity index (χ1n) is 8.72. The molecule has 1 aliphatic carbocycles. The van der Waals surface area contributed by atoms with Crippen molar-refractivity contribution in [1.29, 1.82) is 0 Å². The van der Waals surface area contributed by atoms with Gasteiger partial charge in [-0.2, -0.15) is 10.1 Å². The Kier molecular flexibility index (Phi) is 4.03. The molecule has 1 saturated carbocycles. The lowest BCUT2D eigenvalue weighted by atomic mass is 9.85. The van der Waals surface area contributed by atoms with Crippen LogP contribution in [0, 0.1) is 5.92 Å². The molecule has 2 aromatic heterocycles. The summed E-state index contributed by atoms with van der Waals surface area (Å²) in [7, 11) is 0. The predicted octanol–water partition coefficient (Wildman–Crippen LogP) is 1.54. The molecule has 1 fully saturated rings. The molecule has 128 valence electrons. The van der Waals surface area contributed by atoms with Crippen molar-refractivity contribution in [3.05, 3.63) is 23.9 Å². The summed E-state index contributed by atoms with van der Waals surface area (Å²) in [6.45, 7) is 3.62. The molecule has 3 heterocycles. The fraction of sp³-hybridized carbons (Fsp3) is 0.688. The number of aryl methyl sites for hydroxylation is 1. The molecule has 8 heteroatoms. The van der Waals surface area contributed by atoms with Gasteiger partial charge in [0.25, 0.3) is 0 Å². The number of amides is 1. The van der Waals surface area contributed by atoms with Crippen LogP contribution in [0.25, 0.3) is 0 Å². The molecule has 0 bridgehead atoms. The maximum Gasteiger partial charge on any atom is 0.229 e. The number of hydrogen-bond donors (Lipinski definition) is 0. The van der Waals surface area contributed by atoms with E-state index >= 15 is 0 Å². The third-order valence-electron chi connectivity index (χ3n) is 5.12. The van der Waals surface area contributed by atoms with E-state index in [1.807, 2.05) is 16.5 Å². The van der Waals surface area contributed by atoms with E-state index in [1.54, 1.807) is 6.33 Å². The smallest absolute Gasteiger partial charge is 0.229 e. The standard InChI is InChI=1S/C16H22N6O2/c1-2-21(9-13-19-15(24-20-13)11-4-3-5-11)16(23)12-6-7-14-17-10-18-22(14)8-12/h10-12H,2-9H2,1H3. The van der Waals surface area contributed by atoms with Gasteiger partial charge in [-0.05, 0) is 26.2 Å². The molecule has 0 aromatic carbocycles. The average Bonchev–Trinajstić information content (AvgIpc) is 3.18. The molecule has 8 nitrogen and oxygen atoms in total. The van der Waals surface area contributed by atoms with Crippen molar-refractivity contribution in [3.63, 3.8) is 0 Å². The maximum absolute atomic E-state index is 12.9. The quantitative estimate of drug-likeness (QED) is 0.826. The Hall–Kier alpha value is -2.25. The molecular weight excluding hydrogens is 308 g/mol. The minimum Gasteiger partial charge on any atom is -0.339 e. The van der Waals surface area contributed by atoms with E-state index in [-0.39, 0.29) is 11.8 Å². The monoisotopic (exact) mass is 330 g/mol. The topological polar surface area (TPSA) is 89.9 Å². The normalized spacial score (nSPS) is 20.5. The number of rotatable bonds is 5. The minimum absolute atomic E-state index is 0.0582. The highest BCUT2D eigenvalue weighted by molar-refractivity contribution is 5.78. The Labute approximate surface area is 140 Å². The van der Waals surface area contributed by atoms with Gasteiger partial charge in [-0.3, -0.25) is 4.79 Å². The molecule has 0 radical (unpaired) electrons. The zero-order chi connectivity index (χ0) is 16.5. The largest absolute Gasteiger partial charge is 0.339 e. The Balaban J connectivity index is 1.41. The molecule has 24 heavy (non-hydrogen) atoms. The zero-order valence-electron chi connectivity index (χ0n) is 13.9. The summed E-state index contributed by atoms with van der Waals surface area (Å²) >= 11 is 0. The van der Waals surface area contributed by atoms with Gasteiger partial charge in [-0.15, -0.1) is 0 Å². The first-order chi connectivity index (χ1) is 11.7. The van der Waals surface area contributed by atoms with Gasteiger partial charge in [0.05, 0.1) is 19.0 Å². The van der Waals surface area contributed by atoms with Crippen LogP contribution in [0.1, 0.15) is 56.1 Å². The molecule has 1 unspecified atom stereocenters. The van der Waals surface area contributed by atoms with Crippen LogP contribution in [0.5, 0.6) is 0 Å². The first kappa shape index (κ1) is 15.3. The van der Waals surface area contributed by atoms with Gasteiger partial charge in [0.1, 0.15) is 12.2 Å². The third-order valence-corrected chi connectivity index (χ3v) is 5.12. The minimum atomic E-state index is -0.0582. The van der Waals surface area contributed by atoms with Gasteiger partial charge in [-0.25, -0.2) is 9.67 Å². The summed E-state index contributed by atoms with van der Waals surface area (Å²) in [6.07, 6.45) is 6.64. The predicted molar refractivity (Wildman–Crippen MR) is 83.8 cm³/mol. The lowest BCUT2D eigenvalue weighted by Crippen LogP contribution is -2.39. The molecular formula is C16H22N6O2. The second-order valence-corrected chi connectivity index (χ2v) is 6.62. The van der Waals surface area contributed by atoms with Crippen LogP contribution in [-0.4, -0.2) is 42.3 Å². The summed E-state index contributed by atoms with van der Waals surface area (Å²) < 4.78 is 7.19. The lowest BCUT2D eigenvalue weighted by Gasteiger charge is -2.27. The molecule has 1 aliphatic heterocycles. The molecule has 0 saturated heterocycles. The highest BCUT2D eigenvalue weighted by Crippen LogP contribution is 2.35. The molecule has 2 aromatic rings. The number of fused-ring (bicyclic) bond motifs is 1. The van der Waals surface area contributed by atoms with E-state index in [4.69, 9.17) is 4.52 Å². The van der Waals surface area contributed by atoms with E-state index in [0.29, 0.717) is 31.4 Å². The summed E-state index contributed by atoms with van der Waals surface area (Å²) in [6, 6.07) is 0. The van der Waals surface area contributed by atoms with Crippen molar-refractivity contribution in [2.45, 2.75) is 58.0 Å². The van der Waals surface area contributed by atoms with E-state index < -0.39 is 0 Å². The van der Waals surface area contributed by atoms with Crippen molar-refractivity contribution in [2.75, 3.05) is 6.54 Å². The van der Waals surface area contributed by atoms with E-state index in [0.717, 1.165) is 37.4 Å². The molecule has 1 amide bonds. The van der Waals surface area contributed by atoms with Crippen LogP contribution in [0.3, 0.4) is 0 Å². The summed E-state index contributed by atoms with van der Waals surface area (Å²) in [4.78, 5) is 23.3. The van der Waals surface area contributed by atoms with Crippen molar-refractivity contribution in [1.82, 2.24) is 29.8 Å². The average molecular weight is 330 g/mol. The zero-order valence-corrected chi connectivity index (χ0v) is 13.9. The van der Waals surface area contributed by atoms with Gasteiger partial charge in [0.2, 0.25) is 11.8 Å². The molecule has 0 spiro atoms. The Morgan fingerprint density at radius 2 is 2.29 bits per heavy atom. The van der Waals surface area contributed by atoms with Crippen LogP contribution in [0.4, 0.5) is 0 Å². The summed E-state index contributed by atoms with van der Waals surface area (Å²) in [5.41, 5.74) is 0.